The van der Waals surface area contributed by atoms with Gasteiger partial charge in [0.05, 0.1) is 15.5 Å². The molecule has 2 aromatic heterocycles. The number of furan rings is 1. The van der Waals surface area contributed by atoms with Gasteiger partial charge in [-0.05, 0) is 48.7 Å². The van der Waals surface area contributed by atoms with Crippen molar-refractivity contribution >= 4 is 35.0 Å². The van der Waals surface area contributed by atoms with E-state index in [0.717, 1.165) is 18.7 Å². The van der Waals surface area contributed by atoms with Gasteiger partial charge >= 0.3 is 0 Å². The quantitative estimate of drug-likeness (QED) is 0.719. The van der Waals surface area contributed by atoms with Crippen molar-refractivity contribution in [3.05, 3.63) is 73.5 Å². The van der Waals surface area contributed by atoms with E-state index < -0.39 is 0 Å². The molecule has 1 aliphatic heterocycles. The van der Waals surface area contributed by atoms with Crippen LogP contribution < -0.4 is 19.7 Å². The maximum absolute atomic E-state index is 12.1. The molecule has 0 amide bonds. The number of thiazole rings is 1. The van der Waals surface area contributed by atoms with Crippen molar-refractivity contribution in [2.24, 2.45) is 0 Å². The fourth-order valence-corrected chi connectivity index (χ4v) is 3.93. The molecule has 0 spiro atoms. The van der Waals surface area contributed by atoms with E-state index in [1.54, 1.807) is 12.1 Å². The van der Waals surface area contributed by atoms with E-state index in [1.807, 2.05) is 18.2 Å². The fourth-order valence-electron chi connectivity index (χ4n) is 3.04. The number of ketones is 1. The number of rotatable bonds is 4. The number of H-pyrrole nitrogens is 1. The van der Waals surface area contributed by atoms with Crippen LogP contribution in [0.25, 0.3) is 12.2 Å². The second-order valence-corrected chi connectivity index (χ2v) is 7.28. The molecule has 0 aliphatic carbocycles. The molecule has 1 aliphatic rings. The van der Waals surface area contributed by atoms with Crippen molar-refractivity contribution < 1.29 is 9.21 Å². The molecule has 0 atom stereocenters. The maximum Gasteiger partial charge on any atom is 0.266 e. The van der Waals surface area contributed by atoms with E-state index >= 15 is 0 Å². The number of hydrogen-bond donors (Lipinski definition) is 1. The van der Waals surface area contributed by atoms with Crippen LogP contribution in [0.15, 0.2) is 51.9 Å². The average Bonchev–Trinajstić information content (AvgIpc) is 3.38. The van der Waals surface area contributed by atoms with Crippen LogP contribution in [0.5, 0.6) is 0 Å². The molecule has 5 nitrogen and oxygen atoms in total. The number of aromatic nitrogens is 1. The highest BCUT2D eigenvalue weighted by molar-refractivity contribution is 7.07. The molecule has 0 saturated carbocycles. The highest BCUT2D eigenvalue weighted by atomic mass is 32.1. The highest BCUT2D eigenvalue weighted by Crippen LogP contribution is 2.20. The van der Waals surface area contributed by atoms with Gasteiger partial charge in [0.15, 0.2) is 5.76 Å². The van der Waals surface area contributed by atoms with Gasteiger partial charge < -0.3 is 14.3 Å². The molecule has 0 radical (unpaired) electrons. The minimum atomic E-state index is -0.269. The fraction of sp³-hybridized carbons (Fsp3) is 0.200. The van der Waals surface area contributed by atoms with Crippen LogP contribution in [0.1, 0.15) is 29.0 Å². The van der Waals surface area contributed by atoms with Gasteiger partial charge in [0.2, 0.25) is 5.78 Å². The van der Waals surface area contributed by atoms with Crippen LogP contribution in [-0.2, 0) is 0 Å². The number of Topliss-reactive ketones (excluding diaryl/α,β-unsaturated/α-hetero) is 1. The van der Waals surface area contributed by atoms with Gasteiger partial charge in [-0.2, -0.15) is 0 Å². The first kappa shape index (κ1) is 16.6. The largest absolute Gasteiger partial charge is 0.461 e. The molecule has 0 bridgehead atoms. The summed E-state index contributed by atoms with van der Waals surface area (Å²) < 4.78 is 6.15. The maximum atomic E-state index is 12.1. The Morgan fingerprint density at radius 1 is 1.15 bits per heavy atom. The van der Waals surface area contributed by atoms with Crippen LogP contribution in [0, 0.1) is 0 Å². The molecular weight excluding hydrogens is 348 g/mol. The lowest BCUT2D eigenvalue weighted by molar-refractivity contribution is 0.103. The van der Waals surface area contributed by atoms with Gasteiger partial charge in [-0.25, -0.2) is 0 Å². The summed E-state index contributed by atoms with van der Waals surface area (Å²) in [7, 11) is 0. The number of aromatic amines is 1. The van der Waals surface area contributed by atoms with Gasteiger partial charge in [-0.3, -0.25) is 9.59 Å². The highest BCUT2D eigenvalue weighted by Gasteiger charge is 2.11. The topological polar surface area (TPSA) is 66.3 Å². The second kappa shape index (κ2) is 7.17. The minimum Gasteiger partial charge on any atom is -0.461 e. The Morgan fingerprint density at radius 2 is 1.92 bits per heavy atom. The summed E-state index contributed by atoms with van der Waals surface area (Å²) in [5, 5.41) is 0. The van der Waals surface area contributed by atoms with Crippen molar-refractivity contribution in [1.82, 2.24) is 4.98 Å². The molecular formula is C20H18N2O3S. The zero-order valence-electron chi connectivity index (χ0n) is 14.1. The summed E-state index contributed by atoms with van der Waals surface area (Å²) >= 11 is 1.26. The number of hydrogen-bond acceptors (Lipinski definition) is 5. The Morgan fingerprint density at radius 3 is 2.62 bits per heavy atom. The van der Waals surface area contributed by atoms with Crippen molar-refractivity contribution in [3.8, 4) is 0 Å². The summed E-state index contributed by atoms with van der Waals surface area (Å²) in [5.74, 6) is -0.0173. The molecule has 3 aromatic rings. The first-order valence-electron chi connectivity index (χ1n) is 8.54. The number of carbonyl (C=O) groups excluding carboxylic acids is 1. The van der Waals surface area contributed by atoms with Gasteiger partial charge in [0, 0.05) is 24.9 Å². The van der Waals surface area contributed by atoms with Crippen molar-refractivity contribution in [2.45, 2.75) is 12.8 Å². The third-order valence-corrected chi connectivity index (χ3v) is 5.33. The Bertz CT molecular complexity index is 1070. The monoisotopic (exact) mass is 366 g/mol. The Balaban J connectivity index is 1.60. The molecule has 3 heterocycles. The number of anilines is 1. The Labute approximate surface area is 153 Å². The van der Waals surface area contributed by atoms with E-state index in [0.29, 0.717) is 9.20 Å². The number of carbonyl (C=O) groups is 1. The van der Waals surface area contributed by atoms with Crippen LogP contribution in [0.3, 0.4) is 0 Å². The Kier molecular flexibility index (Phi) is 4.58. The van der Waals surface area contributed by atoms with Crippen LogP contribution in [0.2, 0.25) is 0 Å². The lowest BCUT2D eigenvalue weighted by Crippen LogP contribution is -2.20. The van der Waals surface area contributed by atoms with Gasteiger partial charge in [-0.1, -0.05) is 12.1 Å². The van der Waals surface area contributed by atoms with Gasteiger partial charge in [0.25, 0.3) is 5.56 Å². The van der Waals surface area contributed by atoms with Crippen LogP contribution >= 0.6 is 11.3 Å². The standard InChI is InChI=1S/C20H18N2O3S/c23-16(17-4-3-11-25-17)13-19-21-20(24)18(26-19)12-14-5-7-15(8-6-14)22-9-1-2-10-22/h3-8,11-13H,1-2,9-10H2,(H,21,24)/b18-12+,19-13+. The second-order valence-electron chi connectivity index (χ2n) is 6.20. The summed E-state index contributed by atoms with van der Waals surface area (Å²) in [6.07, 6.45) is 7.16. The lowest BCUT2D eigenvalue weighted by atomic mass is 10.2. The van der Waals surface area contributed by atoms with Gasteiger partial charge in [0.1, 0.15) is 0 Å². The first-order chi connectivity index (χ1) is 12.7. The van der Waals surface area contributed by atoms with Crippen molar-refractivity contribution in [3.63, 3.8) is 0 Å². The Hall–Kier alpha value is -2.86. The van der Waals surface area contributed by atoms with Gasteiger partial charge in [-0.15, -0.1) is 11.3 Å². The van der Waals surface area contributed by atoms with E-state index in [-0.39, 0.29) is 17.1 Å². The van der Waals surface area contributed by atoms with E-state index in [1.165, 1.54) is 42.2 Å². The van der Waals surface area contributed by atoms with Crippen LogP contribution in [-0.4, -0.2) is 23.9 Å². The van der Waals surface area contributed by atoms with E-state index in [4.69, 9.17) is 4.42 Å². The summed E-state index contributed by atoms with van der Waals surface area (Å²) in [5.41, 5.74) is 1.99. The number of nitrogens with zero attached hydrogens (tertiary/aromatic N) is 1. The summed E-state index contributed by atoms with van der Waals surface area (Å²) in [6.45, 7) is 2.22. The van der Waals surface area contributed by atoms with E-state index in [9.17, 15) is 9.59 Å². The zero-order valence-corrected chi connectivity index (χ0v) is 14.9. The molecule has 4 rings (SSSR count). The normalized spacial score (nSPS) is 15.8. The molecule has 26 heavy (non-hydrogen) atoms. The van der Waals surface area contributed by atoms with E-state index in [2.05, 4.69) is 22.0 Å². The molecule has 1 N–H and O–H groups in total. The van der Waals surface area contributed by atoms with Crippen molar-refractivity contribution in [2.75, 3.05) is 18.0 Å². The third kappa shape index (κ3) is 3.55. The number of benzene rings is 1. The van der Waals surface area contributed by atoms with Crippen LogP contribution in [0.4, 0.5) is 5.69 Å². The smallest absolute Gasteiger partial charge is 0.266 e. The van der Waals surface area contributed by atoms with Crippen molar-refractivity contribution in [1.29, 1.82) is 0 Å². The molecule has 1 aromatic carbocycles. The predicted molar refractivity (Wildman–Crippen MR) is 103 cm³/mol. The summed E-state index contributed by atoms with van der Waals surface area (Å²) in [6, 6.07) is 11.5. The molecule has 0 unspecified atom stereocenters. The molecule has 132 valence electrons. The molecule has 1 saturated heterocycles. The summed E-state index contributed by atoms with van der Waals surface area (Å²) in [4.78, 5) is 29.3. The average molecular weight is 366 g/mol. The SMILES string of the molecule is O=C(/C=c1\[nH]c(=O)/c(=C\c2ccc(N3CCCC3)cc2)s1)c1ccco1. The minimum absolute atomic E-state index is 0.197. The molecule has 1 fully saturated rings. The lowest BCUT2D eigenvalue weighted by Gasteiger charge is -2.17. The zero-order chi connectivity index (χ0) is 17.9. The third-order valence-electron chi connectivity index (χ3n) is 4.37. The number of nitrogens with one attached hydrogen (secondary N) is 1. The predicted octanol–water partition coefficient (Wildman–Crippen LogP) is 2.12. The first-order valence-corrected chi connectivity index (χ1v) is 9.36. The molecule has 6 heteroatoms.